The van der Waals surface area contributed by atoms with Gasteiger partial charge in [-0.05, 0) is 47.5 Å². The number of aromatic hydroxyl groups is 2. The van der Waals surface area contributed by atoms with Crippen molar-refractivity contribution in [1.82, 2.24) is 9.55 Å². The fourth-order valence-corrected chi connectivity index (χ4v) is 3.79. The van der Waals surface area contributed by atoms with Gasteiger partial charge in [-0.25, -0.2) is 9.37 Å². The van der Waals surface area contributed by atoms with Crippen molar-refractivity contribution in [3.63, 3.8) is 0 Å². The van der Waals surface area contributed by atoms with E-state index in [0.29, 0.717) is 35.8 Å². The van der Waals surface area contributed by atoms with Crippen molar-refractivity contribution in [1.29, 1.82) is 0 Å². The minimum Gasteiger partial charge on any atom is -0.508 e. The molecule has 0 amide bonds. The summed E-state index contributed by atoms with van der Waals surface area (Å²) < 4.78 is 21.3. The second-order valence-electron chi connectivity index (χ2n) is 7.77. The summed E-state index contributed by atoms with van der Waals surface area (Å²) in [6.45, 7) is 0.866. The van der Waals surface area contributed by atoms with Gasteiger partial charge in [-0.1, -0.05) is 42.5 Å². The molecule has 0 aliphatic rings. The Hall–Kier alpha value is -4.32. The highest BCUT2D eigenvalue weighted by Crippen LogP contribution is 2.35. The molecule has 164 valence electrons. The summed E-state index contributed by atoms with van der Waals surface area (Å²) in [7, 11) is 0. The molecule has 0 spiro atoms. The van der Waals surface area contributed by atoms with E-state index in [-0.39, 0.29) is 17.3 Å². The van der Waals surface area contributed by atoms with Crippen LogP contribution >= 0.6 is 0 Å². The number of fused-ring (bicyclic) bond motifs is 1. The monoisotopic (exact) mass is 440 g/mol. The first kappa shape index (κ1) is 20.6. The predicted octanol–water partition coefficient (Wildman–Crippen LogP) is 5.88. The van der Waals surface area contributed by atoms with Crippen molar-refractivity contribution >= 4 is 11.0 Å². The van der Waals surface area contributed by atoms with Crippen molar-refractivity contribution in [2.24, 2.45) is 0 Å². The van der Waals surface area contributed by atoms with Crippen LogP contribution in [0.3, 0.4) is 0 Å². The fraction of sp³-hybridized carbons (Fsp3) is 0.0741. The van der Waals surface area contributed by atoms with E-state index >= 15 is 0 Å². The highest BCUT2D eigenvalue weighted by atomic mass is 19.1. The highest BCUT2D eigenvalue weighted by Gasteiger charge is 2.17. The van der Waals surface area contributed by atoms with Crippen LogP contribution < -0.4 is 4.74 Å². The third-order valence-electron chi connectivity index (χ3n) is 5.44. The van der Waals surface area contributed by atoms with Crippen molar-refractivity contribution in [2.75, 3.05) is 0 Å². The molecule has 0 radical (unpaired) electrons. The number of benzene rings is 4. The van der Waals surface area contributed by atoms with Crippen molar-refractivity contribution < 1.29 is 19.3 Å². The first-order valence-corrected chi connectivity index (χ1v) is 10.5. The number of phenolic OH excluding ortho intramolecular Hbond substituents is 2. The number of nitrogens with zero attached hydrogens (tertiary/aromatic N) is 2. The van der Waals surface area contributed by atoms with Crippen LogP contribution in [0.1, 0.15) is 11.1 Å². The molecule has 0 aliphatic carbocycles. The number of ether oxygens (including phenoxy) is 1. The third-order valence-corrected chi connectivity index (χ3v) is 5.44. The smallest absolute Gasteiger partial charge is 0.145 e. The zero-order valence-electron chi connectivity index (χ0n) is 17.6. The topological polar surface area (TPSA) is 67.5 Å². The van der Waals surface area contributed by atoms with Crippen molar-refractivity contribution in [3.05, 3.63) is 108 Å². The van der Waals surface area contributed by atoms with Crippen LogP contribution in [0.5, 0.6) is 17.2 Å². The normalized spacial score (nSPS) is 11.1. The molecule has 0 aliphatic heterocycles. The van der Waals surface area contributed by atoms with Gasteiger partial charge >= 0.3 is 0 Å². The van der Waals surface area contributed by atoms with Gasteiger partial charge in [0, 0.05) is 18.7 Å². The van der Waals surface area contributed by atoms with Gasteiger partial charge in [-0.15, -0.1) is 0 Å². The van der Waals surface area contributed by atoms with Gasteiger partial charge in [0.05, 0.1) is 16.6 Å². The number of halogens is 1. The number of phenols is 2. The van der Waals surface area contributed by atoms with Crippen LogP contribution in [0.15, 0.2) is 91.0 Å². The molecule has 0 unspecified atom stereocenters. The maximum absolute atomic E-state index is 13.4. The summed E-state index contributed by atoms with van der Waals surface area (Å²) in [4.78, 5) is 4.77. The number of hydrogen-bond donors (Lipinski definition) is 2. The van der Waals surface area contributed by atoms with Gasteiger partial charge in [0.25, 0.3) is 0 Å². The van der Waals surface area contributed by atoms with E-state index in [9.17, 15) is 14.6 Å². The van der Waals surface area contributed by atoms with Gasteiger partial charge in [0.2, 0.25) is 0 Å². The Morgan fingerprint density at radius 3 is 2.36 bits per heavy atom. The first-order valence-electron chi connectivity index (χ1n) is 10.5. The Bertz CT molecular complexity index is 1410. The zero-order valence-corrected chi connectivity index (χ0v) is 17.6. The second-order valence-corrected chi connectivity index (χ2v) is 7.77. The summed E-state index contributed by atoms with van der Waals surface area (Å²) in [6, 6.07) is 26.3. The minimum absolute atomic E-state index is 0.0333. The maximum Gasteiger partial charge on any atom is 0.145 e. The summed E-state index contributed by atoms with van der Waals surface area (Å²) in [5.74, 6) is 0.803. The van der Waals surface area contributed by atoms with E-state index < -0.39 is 0 Å². The summed E-state index contributed by atoms with van der Waals surface area (Å²) >= 11 is 0. The second kappa shape index (κ2) is 8.67. The van der Waals surface area contributed by atoms with Crippen LogP contribution in [0, 0.1) is 5.82 Å². The van der Waals surface area contributed by atoms with E-state index in [1.54, 1.807) is 18.2 Å². The van der Waals surface area contributed by atoms with Gasteiger partial charge in [0.15, 0.2) is 0 Å². The van der Waals surface area contributed by atoms with Gasteiger partial charge < -0.3 is 19.5 Å². The molecule has 5 rings (SSSR count). The maximum atomic E-state index is 13.4. The predicted molar refractivity (Wildman–Crippen MR) is 125 cm³/mol. The Kier molecular flexibility index (Phi) is 5.40. The van der Waals surface area contributed by atoms with Gasteiger partial charge in [-0.2, -0.15) is 0 Å². The zero-order chi connectivity index (χ0) is 22.8. The SMILES string of the molecule is Oc1ccc(-c2nc3cc(OCc4ccccc4)ccc3n2Cc2ccc(F)cc2)c(O)c1. The van der Waals surface area contributed by atoms with Crippen molar-refractivity contribution in [2.45, 2.75) is 13.2 Å². The summed E-state index contributed by atoms with van der Waals surface area (Å²) in [5.41, 5.74) is 3.98. The van der Waals surface area contributed by atoms with Crippen LogP contribution in [0.2, 0.25) is 0 Å². The lowest BCUT2D eigenvalue weighted by Gasteiger charge is -2.11. The quantitative estimate of drug-likeness (QED) is 0.346. The lowest BCUT2D eigenvalue weighted by atomic mass is 10.1. The Labute approximate surface area is 190 Å². The van der Waals surface area contributed by atoms with E-state index in [2.05, 4.69) is 0 Å². The lowest BCUT2D eigenvalue weighted by Crippen LogP contribution is -2.02. The Morgan fingerprint density at radius 1 is 0.818 bits per heavy atom. The minimum atomic E-state index is -0.300. The van der Waals surface area contributed by atoms with Crippen LogP contribution in [0.25, 0.3) is 22.4 Å². The molecular weight excluding hydrogens is 419 g/mol. The summed E-state index contributed by atoms with van der Waals surface area (Å²) in [5, 5.41) is 20.2. The molecule has 0 fully saturated rings. The molecule has 1 heterocycles. The molecule has 1 aromatic heterocycles. The van der Waals surface area contributed by atoms with Crippen LogP contribution in [-0.2, 0) is 13.2 Å². The molecule has 0 bridgehead atoms. The number of imidazole rings is 1. The molecule has 33 heavy (non-hydrogen) atoms. The molecule has 5 aromatic rings. The molecule has 5 nitrogen and oxygen atoms in total. The number of aromatic nitrogens is 2. The van der Waals surface area contributed by atoms with Gasteiger partial charge in [0.1, 0.15) is 35.5 Å². The Morgan fingerprint density at radius 2 is 1.61 bits per heavy atom. The molecule has 0 atom stereocenters. The van der Waals surface area contributed by atoms with Crippen LogP contribution in [0.4, 0.5) is 4.39 Å². The highest BCUT2D eigenvalue weighted by molar-refractivity contribution is 5.83. The Balaban J connectivity index is 1.56. The third kappa shape index (κ3) is 4.36. The van der Waals surface area contributed by atoms with E-state index in [4.69, 9.17) is 9.72 Å². The fourth-order valence-electron chi connectivity index (χ4n) is 3.79. The largest absolute Gasteiger partial charge is 0.508 e. The number of rotatable bonds is 6. The summed E-state index contributed by atoms with van der Waals surface area (Å²) in [6.07, 6.45) is 0. The average Bonchev–Trinajstić information content (AvgIpc) is 3.17. The molecule has 0 saturated heterocycles. The molecule has 0 saturated carbocycles. The molecule has 6 heteroatoms. The van der Waals surface area contributed by atoms with E-state index in [0.717, 1.165) is 16.6 Å². The lowest BCUT2D eigenvalue weighted by molar-refractivity contribution is 0.306. The van der Waals surface area contributed by atoms with Crippen LogP contribution in [-0.4, -0.2) is 19.8 Å². The van der Waals surface area contributed by atoms with E-state index in [1.807, 2.05) is 53.1 Å². The molecule has 2 N–H and O–H groups in total. The van der Waals surface area contributed by atoms with Gasteiger partial charge in [-0.3, -0.25) is 0 Å². The number of hydrogen-bond acceptors (Lipinski definition) is 4. The molecular formula is C27H21FN2O3. The van der Waals surface area contributed by atoms with Crippen molar-refractivity contribution in [3.8, 4) is 28.6 Å². The standard InChI is InChI=1S/C27H21FN2O3/c28-20-8-6-18(7-9-20)16-30-25-13-11-22(33-17-19-4-2-1-3-5-19)15-24(25)29-27(30)23-12-10-21(31)14-26(23)32/h1-15,31-32H,16-17H2. The molecule has 4 aromatic carbocycles. The first-order chi connectivity index (χ1) is 16.1. The average molecular weight is 440 g/mol. The van der Waals surface area contributed by atoms with E-state index in [1.165, 1.54) is 24.3 Å².